The fraction of sp³-hybridized carbons (Fsp3) is 0.400. The molecule has 4 heteroatoms. The maximum Gasteiger partial charge on any atom is 0.115 e. The van der Waals surface area contributed by atoms with E-state index in [-0.39, 0.29) is 24.2 Å². The lowest BCUT2D eigenvalue weighted by Gasteiger charge is -2.17. The van der Waals surface area contributed by atoms with Crippen LogP contribution < -0.4 is 5.73 Å². The molecule has 0 bridgehead atoms. The molecule has 0 spiro atoms. The highest BCUT2D eigenvalue weighted by atomic mass is 35.5. The van der Waals surface area contributed by atoms with Gasteiger partial charge >= 0.3 is 0 Å². The van der Waals surface area contributed by atoms with E-state index in [1.165, 1.54) is 0 Å². The van der Waals surface area contributed by atoms with Crippen molar-refractivity contribution >= 4 is 12.4 Å². The Morgan fingerprint density at radius 3 is 2.21 bits per heavy atom. The Balaban J connectivity index is 0.00000169. The second kappa shape index (κ2) is 5.86. The van der Waals surface area contributed by atoms with E-state index in [9.17, 15) is 5.11 Å². The first kappa shape index (κ1) is 13.2. The van der Waals surface area contributed by atoms with E-state index in [0.29, 0.717) is 6.42 Å². The number of nitrogens with two attached hydrogens (primary N) is 1. The SMILES string of the molecule is CC[C@@H](O)[C@@H](N)c1ccc(O)cc1.Cl. The molecule has 0 aliphatic carbocycles. The lowest BCUT2D eigenvalue weighted by Crippen LogP contribution is -2.25. The van der Waals surface area contributed by atoms with Crippen molar-refractivity contribution in [2.75, 3.05) is 0 Å². The Bertz CT molecular complexity index is 263. The van der Waals surface area contributed by atoms with Crippen molar-refractivity contribution in [1.82, 2.24) is 0 Å². The minimum Gasteiger partial charge on any atom is -0.508 e. The molecule has 0 unspecified atom stereocenters. The maximum absolute atomic E-state index is 9.46. The Labute approximate surface area is 90.0 Å². The average Bonchev–Trinajstić information content (AvgIpc) is 2.17. The monoisotopic (exact) mass is 217 g/mol. The molecule has 0 saturated heterocycles. The van der Waals surface area contributed by atoms with Crippen LogP contribution >= 0.6 is 12.4 Å². The highest BCUT2D eigenvalue weighted by Crippen LogP contribution is 2.18. The van der Waals surface area contributed by atoms with Crippen LogP contribution in [0.2, 0.25) is 0 Å². The van der Waals surface area contributed by atoms with Gasteiger partial charge in [0.25, 0.3) is 0 Å². The summed E-state index contributed by atoms with van der Waals surface area (Å²) < 4.78 is 0. The number of hydrogen-bond acceptors (Lipinski definition) is 3. The first-order valence-corrected chi connectivity index (χ1v) is 4.37. The highest BCUT2D eigenvalue weighted by Gasteiger charge is 2.14. The number of halogens is 1. The van der Waals surface area contributed by atoms with E-state index in [1.54, 1.807) is 24.3 Å². The van der Waals surface area contributed by atoms with Crippen molar-refractivity contribution in [2.24, 2.45) is 5.73 Å². The summed E-state index contributed by atoms with van der Waals surface area (Å²) in [5.74, 6) is 0.210. The van der Waals surface area contributed by atoms with Crippen molar-refractivity contribution in [2.45, 2.75) is 25.5 Å². The van der Waals surface area contributed by atoms with Gasteiger partial charge in [-0.1, -0.05) is 19.1 Å². The third-order valence-electron chi connectivity index (χ3n) is 2.11. The molecule has 1 aromatic carbocycles. The molecule has 0 aromatic heterocycles. The van der Waals surface area contributed by atoms with Crippen molar-refractivity contribution in [1.29, 1.82) is 0 Å². The van der Waals surface area contributed by atoms with E-state index < -0.39 is 6.10 Å². The average molecular weight is 218 g/mol. The summed E-state index contributed by atoms with van der Waals surface area (Å²) in [7, 11) is 0. The van der Waals surface area contributed by atoms with Crippen LogP contribution in [0.25, 0.3) is 0 Å². The molecule has 0 aliphatic heterocycles. The van der Waals surface area contributed by atoms with Crippen LogP contribution in [0.4, 0.5) is 0 Å². The minimum atomic E-state index is -0.524. The molecule has 4 N–H and O–H groups in total. The van der Waals surface area contributed by atoms with E-state index in [4.69, 9.17) is 10.8 Å². The first-order chi connectivity index (χ1) is 6.15. The molecule has 1 aromatic rings. The fourth-order valence-corrected chi connectivity index (χ4v) is 1.17. The van der Waals surface area contributed by atoms with Crippen LogP contribution in [0, 0.1) is 0 Å². The van der Waals surface area contributed by atoms with Gasteiger partial charge < -0.3 is 15.9 Å². The highest BCUT2D eigenvalue weighted by molar-refractivity contribution is 5.85. The van der Waals surface area contributed by atoms with Gasteiger partial charge in [-0.2, -0.15) is 0 Å². The Morgan fingerprint density at radius 2 is 1.79 bits per heavy atom. The van der Waals surface area contributed by atoms with Crippen molar-refractivity contribution in [3.05, 3.63) is 29.8 Å². The van der Waals surface area contributed by atoms with Crippen molar-refractivity contribution < 1.29 is 10.2 Å². The van der Waals surface area contributed by atoms with Gasteiger partial charge in [-0.15, -0.1) is 12.4 Å². The zero-order valence-electron chi connectivity index (χ0n) is 8.05. The molecule has 80 valence electrons. The van der Waals surface area contributed by atoms with Crippen LogP contribution in [-0.4, -0.2) is 16.3 Å². The van der Waals surface area contributed by atoms with Crippen LogP contribution in [0.1, 0.15) is 24.9 Å². The molecule has 0 fully saturated rings. The summed E-state index contributed by atoms with van der Waals surface area (Å²) in [6, 6.07) is 6.21. The number of hydrogen-bond donors (Lipinski definition) is 3. The van der Waals surface area contributed by atoms with E-state index in [2.05, 4.69) is 0 Å². The molecule has 2 atom stereocenters. The summed E-state index contributed by atoms with van der Waals surface area (Å²) in [6.07, 6.45) is 0.103. The number of phenols is 1. The third-order valence-corrected chi connectivity index (χ3v) is 2.11. The first-order valence-electron chi connectivity index (χ1n) is 4.37. The Morgan fingerprint density at radius 1 is 1.29 bits per heavy atom. The predicted molar refractivity (Wildman–Crippen MR) is 58.6 cm³/mol. The number of aromatic hydroxyl groups is 1. The second-order valence-corrected chi connectivity index (χ2v) is 3.09. The molecule has 0 radical (unpaired) electrons. The number of rotatable bonds is 3. The summed E-state index contributed by atoms with van der Waals surface area (Å²) in [5, 5.41) is 18.5. The zero-order chi connectivity index (χ0) is 9.84. The summed E-state index contributed by atoms with van der Waals surface area (Å²) in [5.41, 5.74) is 6.61. The number of benzene rings is 1. The number of phenolic OH excluding ortho intramolecular Hbond substituents is 1. The largest absolute Gasteiger partial charge is 0.508 e. The molecular weight excluding hydrogens is 202 g/mol. The third kappa shape index (κ3) is 3.18. The molecule has 14 heavy (non-hydrogen) atoms. The molecule has 3 nitrogen and oxygen atoms in total. The van der Waals surface area contributed by atoms with Gasteiger partial charge in [0.2, 0.25) is 0 Å². The van der Waals surface area contributed by atoms with Gasteiger partial charge in [-0.25, -0.2) is 0 Å². The van der Waals surface area contributed by atoms with Crippen LogP contribution in [0.5, 0.6) is 5.75 Å². The van der Waals surface area contributed by atoms with Gasteiger partial charge in [-0.05, 0) is 24.1 Å². The van der Waals surface area contributed by atoms with Gasteiger partial charge in [0.05, 0.1) is 12.1 Å². The lowest BCUT2D eigenvalue weighted by molar-refractivity contribution is 0.140. The Kier molecular flexibility index (Phi) is 5.53. The summed E-state index contributed by atoms with van der Waals surface area (Å²) in [4.78, 5) is 0. The smallest absolute Gasteiger partial charge is 0.115 e. The molecule has 1 rings (SSSR count). The molecule has 0 heterocycles. The fourth-order valence-electron chi connectivity index (χ4n) is 1.17. The molecule has 0 saturated carbocycles. The maximum atomic E-state index is 9.46. The van der Waals surface area contributed by atoms with Crippen molar-refractivity contribution in [3.8, 4) is 5.75 Å². The quantitative estimate of drug-likeness (QED) is 0.720. The minimum absolute atomic E-state index is 0. The Hall–Kier alpha value is -0.770. The van der Waals surface area contributed by atoms with Gasteiger partial charge in [0.1, 0.15) is 5.75 Å². The normalized spacial score (nSPS) is 14.2. The van der Waals surface area contributed by atoms with E-state index in [0.717, 1.165) is 5.56 Å². The van der Waals surface area contributed by atoms with E-state index >= 15 is 0 Å². The standard InChI is InChI=1S/C10H15NO2.ClH/c1-2-9(13)10(11)7-3-5-8(12)6-4-7;/h3-6,9-10,12-13H,2,11H2,1H3;1H/t9-,10+;/m1./s1. The van der Waals surface area contributed by atoms with Gasteiger partial charge in [-0.3, -0.25) is 0 Å². The van der Waals surface area contributed by atoms with Gasteiger partial charge in [0.15, 0.2) is 0 Å². The molecule has 0 amide bonds. The summed E-state index contributed by atoms with van der Waals surface area (Å²) >= 11 is 0. The topological polar surface area (TPSA) is 66.5 Å². The van der Waals surface area contributed by atoms with Crippen LogP contribution in [0.15, 0.2) is 24.3 Å². The number of aliphatic hydroxyl groups excluding tert-OH is 1. The second-order valence-electron chi connectivity index (χ2n) is 3.09. The van der Waals surface area contributed by atoms with E-state index in [1.807, 2.05) is 6.92 Å². The number of aliphatic hydroxyl groups is 1. The van der Waals surface area contributed by atoms with Crippen LogP contribution in [0.3, 0.4) is 0 Å². The molecular formula is C10H16ClNO2. The predicted octanol–water partition coefficient (Wildman–Crippen LogP) is 1.58. The zero-order valence-corrected chi connectivity index (χ0v) is 8.87. The summed E-state index contributed by atoms with van der Waals surface area (Å²) in [6.45, 7) is 1.88. The van der Waals surface area contributed by atoms with Crippen molar-refractivity contribution in [3.63, 3.8) is 0 Å². The van der Waals surface area contributed by atoms with Gasteiger partial charge in [0, 0.05) is 0 Å². The lowest BCUT2D eigenvalue weighted by atomic mass is 10.0. The molecule has 0 aliphatic rings. The van der Waals surface area contributed by atoms with Crippen LogP contribution in [-0.2, 0) is 0 Å².